The maximum absolute atomic E-state index is 10.4. The van der Waals surface area contributed by atoms with Gasteiger partial charge in [-0.2, -0.15) is 0 Å². The summed E-state index contributed by atoms with van der Waals surface area (Å²) in [5.41, 5.74) is 0. The first-order valence-corrected chi connectivity index (χ1v) is 3.66. The number of hydrogen-bond acceptors (Lipinski definition) is 2. The topological polar surface area (TPSA) is 40.1 Å². The average molecular weight is 160 g/mol. The van der Waals surface area contributed by atoms with Gasteiger partial charge >= 0.3 is 29.6 Å². The number of fused-ring (bicyclic) bond motifs is 2. The molecular weight excluding hydrogens is 151 g/mol. The molecule has 0 heterocycles. The Balaban J connectivity index is 0.000000605. The van der Waals surface area contributed by atoms with E-state index in [1.807, 2.05) is 6.08 Å². The third-order valence-corrected chi connectivity index (χ3v) is 2.58. The van der Waals surface area contributed by atoms with E-state index in [0.29, 0.717) is 5.92 Å². The molecule has 3 atom stereocenters. The van der Waals surface area contributed by atoms with E-state index in [1.165, 1.54) is 0 Å². The van der Waals surface area contributed by atoms with Crippen molar-refractivity contribution in [3.8, 4) is 0 Å². The first-order chi connectivity index (χ1) is 4.77. The fourth-order valence-electron chi connectivity index (χ4n) is 2.05. The molecular formula is C8H9NaO2. The molecule has 2 nitrogen and oxygen atoms in total. The standard InChI is InChI=1S/C8H10O2.Na/c9-8(10)7-4-5-1-2-6(7)3-5;/h1-2,5-7H,3-4H2,(H,9,10);/q;+1/p-1. The molecule has 54 valence electrons. The summed E-state index contributed by atoms with van der Waals surface area (Å²) in [6.07, 6.45) is 6.00. The molecule has 0 spiro atoms. The van der Waals surface area contributed by atoms with Crippen molar-refractivity contribution in [1.29, 1.82) is 0 Å². The zero-order valence-electron chi connectivity index (χ0n) is 6.62. The van der Waals surface area contributed by atoms with Gasteiger partial charge in [0.2, 0.25) is 0 Å². The zero-order valence-corrected chi connectivity index (χ0v) is 8.62. The van der Waals surface area contributed by atoms with Gasteiger partial charge < -0.3 is 9.90 Å². The molecule has 0 aromatic carbocycles. The number of carboxylic acids is 1. The second-order valence-electron chi connectivity index (χ2n) is 3.21. The van der Waals surface area contributed by atoms with Crippen LogP contribution in [0.1, 0.15) is 12.8 Å². The van der Waals surface area contributed by atoms with Crippen LogP contribution in [0.2, 0.25) is 0 Å². The van der Waals surface area contributed by atoms with Gasteiger partial charge in [0.25, 0.3) is 0 Å². The van der Waals surface area contributed by atoms with Gasteiger partial charge in [-0.1, -0.05) is 12.2 Å². The molecule has 2 rings (SSSR count). The van der Waals surface area contributed by atoms with Crippen LogP contribution in [0, 0.1) is 17.8 Å². The quantitative estimate of drug-likeness (QED) is 0.302. The second-order valence-corrected chi connectivity index (χ2v) is 3.21. The van der Waals surface area contributed by atoms with E-state index < -0.39 is 5.97 Å². The van der Waals surface area contributed by atoms with Gasteiger partial charge in [-0.05, 0) is 24.7 Å². The Bertz CT molecular complexity index is 200. The van der Waals surface area contributed by atoms with Crippen LogP contribution in [0.25, 0.3) is 0 Å². The van der Waals surface area contributed by atoms with Crippen molar-refractivity contribution >= 4 is 5.97 Å². The van der Waals surface area contributed by atoms with Crippen molar-refractivity contribution in [3.05, 3.63) is 12.2 Å². The number of allylic oxidation sites excluding steroid dienone is 2. The van der Waals surface area contributed by atoms with Crippen LogP contribution < -0.4 is 34.7 Å². The predicted molar refractivity (Wildman–Crippen MR) is 33.9 cm³/mol. The monoisotopic (exact) mass is 160 g/mol. The Hall–Kier alpha value is 0.210. The molecule has 0 saturated heterocycles. The fourth-order valence-corrected chi connectivity index (χ4v) is 2.05. The SMILES string of the molecule is O=C([O-])C1CC2C=CC1C2.[Na+]. The summed E-state index contributed by atoms with van der Waals surface area (Å²) in [5, 5.41) is 10.4. The Morgan fingerprint density at radius 1 is 1.36 bits per heavy atom. The van der Waals surface area contributed by atoms with E-state index in [9.17, 15) is 9.90 Å². The number of rotatable bonds is 1. The van der Waals surface area contributed by atoms with Crippen molar-refractivity contribution in [2.75, 3.05) is 0 Å². The summed E-state index contributed by atoms with van der Waals surface area (Å²) < 4.78 is 0. The van der Waals surface area contributed by atoms with E-state index in [4.69, 9.17) is 0 Å². The Morgan fingerprint density at radius 3 is 2.36 bits per heavy atom. The maximum Gasteiger partial charge on any atom is 1.00 e. The van der Waals surface area contributed by atoms with E-state index in [-0.39, 0.29) is 41.4 Å². The largest absolute Gasteiger partial charge is 1.00 e. The smallest absolute Gasteiger partial charge is 0.550 e. The van der Waals surface area contributed by atoms with Crippen molar-refractivity contribution < 1.29 is 39.5 Å². The number of carbonyl (C=O) groups excluding carboxylic acids is 1. The van der Waals surface area contributed by atoms with E-state index in [1.54, 1.807) is 0 Å². The molecule has 0 aromatic rings. The van der Waals surface area contributed by atoms with Gasteiger partial charge in [0, 0.05) is 11.9 Å². The summed E-state index contributed by atoms with van der Waals surface area (Å²) in [6, 6.07) is 0. The van der Waals surface area contributed by atoms with Crippen molar-refractivity contribution in [1.82, 2.24) is 0 Å². The van der Waals surface area contributed by atoms with E-state index >= 15 is 0 Å². The number of carboxylic acid groups (broad SMARTS) is 1. The van der Waals surface area contributed by atoms with Gasteiger partial charge in [-0.15, -0.1) is 0 Å². The van der Waals surface area contributed by atoms with Gasteiger partial charge in [0.1, 0.15) is 0 Å². The number of carbonyl (C=O) groups is 1. The third-order valence-electron chi connectivity index (χ3n) is 2.58. The molecule has 0 aliphatic heterocycles. The van der Waals surface area contributed by atoms with Crippen LogP contribution in [-0.2, 0) is 4.79 Å². The molecule has 0 radical (unpaired) electrons. The molecule has 1 saturated carbocycles. The molecule has 0 N–H and O–H groups in total. The molecule has 2 aliphatic carbocycles. The van der Waals surface area contributed by atoms with Crippen LogP contribution in [0.4, 0.5) is 0 Å². The molecule has 3 unspecified atom stereocenters. The molecule has 2 bridgehead atoms. The van der Waals surface area contributed by atoms with E-state index in [2.05, 4.69) is 6.08 Å². The van der Waals surface area contributed by atoms with Crippen LogP contribution >= 0.6 is 0 Å². The Kier molecular flexibility index (Phi) is 2.79. The van der Waals surface area contributed by atoms with Crippen LogP contribution in [-0.4, -0.2) is 5.97 Å². The van der Waals surface area contributed by atoms with Crippen LogP contribution in [0.5, 0.6) is 0 Å². The van der Waals surface area contributed by atoms with E-state index in [0.717, 1.165) is 12.8 Å². The third kappa shape index (κ3) is 1.53. The normalized spacial score (nSPS) is 38.7. The fraction of sp³-hybridized carbons (Fsp3) is 0.625. The molecule has 0 aromatic heterocycles. The number of hydrogen-bond donors (Lipinski definition) is 0. The number of aliphatic carboxylic acids is 1. The van der Waals surface area contributed by atoms with Gasteiger partial charge in [0.05, 0.1) is 0 Å². The minimum atomic E-state index is -0.864. The minimum Gasteiger partial charge on any atom is -0.550 e. The maximum atomic E-state index is 10.4. The molecule has 0 amide bonds. The first kappa shape index (κ1) is 9.30. The summed E-state index contributed by atoms with van der Waals surface area (Å²) in [6.45, 7) is 0. The summed E-state index contributed by atoms with van der Waals surface area (Å²) in [5.74, 6) is -0.227. The predicted octanol–water partition coefficient (Wildman–Crippen LogP) is -3.05. The minimum absolute atomic E-state index is 0. The average Bonchev–Trinajstić information content (AvgIpc) is 2.44. The summed E-state index contributed by atoms with van der Waals surface area (Å²) in [7, 11) is 0. The zero-order chi connectivity index (χ0) is 7.14. The molecule has 11 heavy (non-hydrogen) atoms. The van der Waals surface area contributed by atoms with Gasteiger partial charge in [-0.25, -0.2) is 0 Å². The van der Waals surface area contributed by atoms with Crippen molar-refractivity contribution in [2.45, 2.75) is 12.8 Å². The Morgan fingerprint density at radius 2 is 2.09 bits per heavy atom. The summed E-state index contributed by atoms with van der Waals surface area (Å²) in [4.78, 5) is 10.4. The molecule has 3 heteroatoms. The Labute approximate surface area is 88.0 Å². The van der Waals surface area contributed by atoms with Gasteiger partial charge in [-0.3, -0.25) is 0 Å². The van der Waals surface area contributed by atoms with Crippen LogP contribution in [0.15, 0.2) is 12.2 Å². The molecule has 1 fully saturated rings. The second kappa shape index (κ2) is 3.30. The van der Waals surface area contributed by atoms with Crippen molar-refractivity contribution in [2.24, 2.45) is 17.8 Å². The molecule has 2 aliphatic rings. The summed E-state index contributed by atoms with van der Waals surface area (Å²) >= 11 is 0. The van der Waals surface area contributed by atoms with Gasteiger partial charge in [0.15, 0.2) is 0 Å². The first-order valence-electron chi connectivity index (χ1n) is 3.66. The van der Waals surface area contributed by atoms with Crippen molar-refractivity contribution in [3.63, 3.8) is 0 Å². The van der Waals surface area contributed by atoms with Crippen LogP contribution in [0.3, 0.4) is 0 Å².